The highest BCUT2D eigenvalue weighted by atomic mass is 16.4. The van der Waals surface area contributed by atoms with Crippen LogP contribution in [-0.4, -0.2) is 23.5 Å². The molecule has 88 valence electrons. The Hall–Kier alpha value is -1.98. The fourth-order valence-corrected chi connectivity index (χ4v) is 1.24. The number of amides is 1. The Balaban J connectivity index is 2.29. The van der Waals surface area contributed by atoms with Crippen LogP contribution in [0.3, 0.4) is 0 Å². The topological polar surface area (TPSA) is 101 Å². The molecule has 0 aliphatic carbocycles. The van der Waals surface area contributed by atoms with Crippen LogP contribution in [0.25, 0.3) is 0 Å². The largest absolute Gasteiger partial charge is 0.469 e. The highest BCUT2D eigenvalue weighted by Crippen LogP contribution is 2.07. The van der Waals surface area contributed by atoms with Gasteiger partial charge in [-0.1, -0.05) is 5.16 Å². The summed E-state index contributed by atoms with van der Waals surface area (Å²) in [6, 6.07) is 1.62. The lowest BCUT2D eigenvalue weighted by Gasteiger charge is -2.03. The third kappa shape index (κ3) is 3.30. The second-order valence-electron chi connectivity index (χ2n) is 3.34. The van der Waals surface area contributed by atoms with E-state index in [2.05, 4.69) is 10.5 Å². The molecule has 1 rings (SSSR count). The molecule has 0 saturated heterocycles. The number of carbonyl (C=O) groups excluding carboxylic acids is 1. The van der Waals surface area contributed by atoms with E-state index in [9.17, 15) is 4.79 Å². The Morgan fingerprint density at radius 3 is 3.00 bits per heavy atom. The van der Waals surface area contributed by atoms with Gasteiger partial charge in [0.2, 0.25) is 0 Å². The van der Waals surface area contributed by atoms with Crippen LogP contribution in [0.5, 0.6) is 0 Å². The summed E-state index contributed by atoms with van der Waals surface area (Å²) in [6.07, 6.45) is 2.54. The van der Waals surface area contributed by atoms with Crippen LogP contribution >= 0.6 is 0 Å². The molecule has 0 fully saturated rings. The van der Waals surface area contributed by atoms with E-state index in [4.69, 9.17) is 15.4 Å². The number of nitrogens with one attached hydrogen (secondary N) is 1. The highest BCUT2D eigenvalue weighted by molar-refractivity contribution is 5.95. The molecule has 1 amide bonds. The third-order valence-corrected chi connectivity index (χ3v) is 2.13. The number of hydrogen-bond acceptors (Lipinski definition) is 4. The van der Waals surface area contributed by atoms with Gasteiger partial charge in [-0.15, -0.1) is 0 Å². The average molecular weight is 225 g/mol. The minimum atomic E-state index is -0.175. The number of furan rings is 1. The van der Waals surface area contributed by atoms with Gasteiger partial charge >= 0.3 is 0 Å². The summed E-state index contributed by atoms with van der Waals surface area (Å²) in [5.74, 6) is 0.577. The number of amidine groups is 1. The van der Waals surface area contributed by atoms with Gasteiger partial charge in [-0.05, 0) is 19.4 Å². The van der Waals surface area contributed by atoms with Gasteiger partial charge in [-0.25, -0.2) is 0 Å². The van der Waals surface area contributed by atoms with E-state index in [1.165, 1.54) is 6.26 Å². The molecule has 0 bridgehead atoms. The van der Waals surface area contributed by atoms with Crippen molar-refractivity contribution in [2.45, 2.75) is 19.8 Å². The highest BCUT2D eigenvalue weighted by Gasteiger charge is 2.10. The van der Waals surface area contributed by atoms with Crippen molar-refractivity contribution in [3.63, 3.8) is 0 Å². The third-order valence-electron chi connectivity index (χ3n) is 2.13. The summed E-state index contributed by atoms with van der Waals surface area (Å²) in [5, 5.41) is 13.8. The fraction of sp³-hybridized carbons (Fsp3) is 0.400. The molecule has 1 aromatic rings. The molecule has 0 radical (unpaired) electrons. The van der Waals surface area contributed by atoms with Crippen molar-refractivity contribution in [2.24, 2.45) is 10.9 Å². The molecule has 0 spiro atoms. The second-order valence-corrected chi connectivity index (χ2v) is 3.34. The molecule has 0 saturated carbocycles. The van der Waals surface area contributed by atoms with Crippen LogP contribution in [0.1, 0.15) is 29.0 Å². The SMILES string of the molecule is Cc1occc1C(=O)NCCCC(N)=NO. The maximum absolute atomic E-state index is 11.6. The van der Waals surface area contributed by atoms with Gasteiger partial charge in [0, 0.05) is 13.0 Å². The maximum atomic E-state index is 11.6. The lowest BCUT2D eigenvalue weighted by molar-refractivity contribution is 0.0952. The number of nitrogens with zero attached hydrogens (tertiary/aromatic N) is 1. The van der Waals surface area contributed by atoms with E-state index in [0.29, 0.717) is 30.7 Å². The first kappa shape index (κ1) is 12.1. The molecular formula is C10H15N3O3. The molecule has 6 nitrogen and oxygen atoms in total. The number of rotatable bonds is 5. The summed E-state index contributed by atoms with van der Waals surface area (Å²) in [5.41, 5.74) is 5.81. The zero-order valence-electron chi connectivity index (χ0n) is 9.06. The van der Waals surface area contributed by atoms with E-state index >= 15 is 0 Å². The second kappa shape index (κ2) is 5.79. The van der Waals surface area contributed by atoms with Crippen molar-refractivity contribution >= 4 is 11.7 Å². The monoisotopic (exact) mass is 225 g/mol. The Morgan fingerprint density at radius 1 is 1.69 bits per heavy atom. The molecular weight excluding hydrogens is 210 g/mol. The Kier molecular flexibility index (Phi) is 4.38. The lowest BCUT2D eigenvalue weighted by Crippen LogP contribution is -2.25. The van der Waals surface area contributed by atoms with Crippen LogP contribution < -0.4 is 11.1 Å². The van der Waals surface area contributed by atoms with Crippen molar-refractivity contribution in [1.82, 2.24) is 5.32 Å². The molecule has 0 unspecified atom stereocenters. The Bertz CT molecular complexity index is 384. The molecule has 0 aliphatic heterocycles. The lowest BCUT2D eigenvalue weighted by atomic mass is 10.2. The summed E-state index contributed by atoms with van der Waals surface area (Å²) in [4.78, 5) is 11.6. The summed E-state index contributed by atoms with van der Waals surface area (Å²) >= 11 is 0. The number of oxime groups is 1. The molecule has 6 heteroatoms. The number of carbonyl (C=O) groups is 1. The predicted molar refractivity (Wildman–Crippen MR) is 58.4 cm³/mol. The molecule has 0 aliphatic rings. The molecule has 0 aromatic carbocycles. The van der Waals surface area contributed by atoms with Crippen molar-refractivity contribution in [1.29, 1.82) is 0 Å². The van der Waals surface area contributed by atoms with Crippen molar-refractivity contribution in [3.05, 3.63) is 23.7 Å². The predicted octanol–water partition coefficient (Wildman–Crippen LogP) is 0.844. The van der Waals surface area contributed by atoms with Crippen molar-refractivity contribution < 1.29 is 14.4 Å². The van der Waals surface area contributed by atoms with Crippen molar-refractivity contribution in [3.8, 4) is 0 Å². The smallest absolute Gasteiger partial charge is 0.254 e. The van der Waals surface area contributed by atoms with E-state index in [-0.39, 0.29) is 11.7 Å². The average Bonchev–Trinajstić information content (AvgIpc) is 2.70. The number of aryl methyl sites for hydroxylation is 1. The van der Waals surface area contributed by atoms with Crippen LogP contribution in [-0.2, 0) is 0 Å². The van der Waals surface area contributed by atoms with E-state index < -0.39 is 0 Å². The Morgan fingerprint density at radius 2 is 2.44 bits per heavy atom. The Labute approximate surface area is 93.1 Å². The quantitative estimate of drug-likeness (QED) is 0.227. The van der Waals surface area contributed by atoms with Crippen LogP contribution in [0, 0.1) is 6.92 Å². The normalized spacial score (nSPS) is 11.4. The van der Waals surface area contributed by atoms with E-state index in [1.807, 2.05) is 0 Å². The zero-order valence-corrected chi connectivity index (χ0v) is 9.06. The fourth-order valence-electron chi connectivity index (χ4n) is 1.24. The minimum absolute atomic E-state index is 0.161. The molecule has 16 heavy (non-hydrogen) atoms. The first-order chi connectivity index (χ1) is 7.65. The van der Waals surface area contributed by atoms with Gasteiger partial charge in [0.15, 0.2) is 0 Å². The summed E-state index contributed by atoms with van der Waals surface area (Å²) in [7, 11) is 0. The number of nitrogens with two attached hydrogens (primary N) is 1. The minimum Gasteiger partial charge on any atom is -0.469 e. The van der Waals surface area contributed by atoms with E-state index in [1.54, 1.807) is 13.0 Å². The molecule has 1 heterocycles. The molecule has 4 N–H and O–H groups in total. The van der Waals surface area contributed by atoms with Crippen molar-refractivity contribution in [2.75, 3.05) is 6.54 Å². The number of hydrogen-bond donors (Lipinski definition) is 3. The van der Waals surface area contributed by atoms with Gasteiger partial charge in [0.1, 0.15) is 11.6 Å². The van der Waals surface area contributed by atoms with Gasteiger partial charge in [-0.3, -0.25) is 4.79 Å². The van der Waals surface area contributed by atoms with Crippen LogP contribution in [0.4, 0.5) is 0 Å². The first-order valence-corrected chi connectivity index (χ1v) is 4.94. The standard InChI is InChI=1S/C10H15N3O3/c1-7-8(4-6-16-7)10(14)12-5-2-3-9(11)13-15/h4,6,15H,2-3,5H2,1H3,(H2,11,13)(H,12,14). The van der Waals surface area contributed by atoms with Gasteiger partial charge in [0.05, 0.1) is 11.8 Å². The molecule has 1 aromatic heterocycles. The van der Waals surface area contributed by atoms with E-state index in [0.717, 1.165) is 0 Å². The van der Waals surface area contributed by atoms with Crippen LogP contribution in [0.2, 0.25) is 0 Å². The first-order valence-electron chi connectivity index (χ1n) is 4.94. The van der Waals surface area contributed by atoms with Gasteiger partial charge in [0.25, 0.3) is 5.91 Å². The zero-order chi connectivity index (χ0) is 12.0. The summed E-state index contributed by atoms with van der Waals surface area (Å²) in [6.45, 7) is 2.20. The van der Waals surface area contributed by atoms with Gasteiger partial charge < -0.3 is 20.7 Å². The van der Waals surface area contributed by atoms with Gasteiger partial charge in [-0.2, -0.15) is 0 Å². The van der Waals surface area contributed by atoms with Crippen LogP contribution in [0.15, 0.2) is 21.9 Å². The molecule has 0 atom stereocenters. The maximum Gasteiger partial charge on any atom is 0.254 e. The summed E-state index contributed by atoms with van der Waals surface area (Å²) < 4.78 is 5.01.